The van der Waals surface area contributed by atoms with Crippen molar-refractivity contribution < 1.29 is 9.59 Å². The van der Waals surface area contributed by atoms with Crippen molar-refractivity contribution in [2.75, 3.05) is 13.1 Å². The third-order valence-corrected chi connectivity index (χ3v) is 6.10. The monoisotopic (exact) mass is 411 g/mol. The maximum absolute atomic E-state index is 13.7. The van der Waals surface area contributed by atoms with Crippen LogP contribution in [0.15, 0.2) is 29.8 Å². The number of fused-ring (bicyclic) bond motifs is 1. The Morgan fingerprint density at radius 1 is 1.31 bits per heavy atom. The fourth-order valence-corrected chi connectivity index (χ4v) is 4.54. The minimum atomic E-state index is -0.482. The number of pyridine rings is 1. The van der Waals surface area contributed by atoms with Gasteiger partial charge in [0, 0.05) is 19.1 Å². The molecule has 1 atom stereocenters. The fourth-order valence-electron chi connectivity index (χ4n) is 3.85. The second kappa shape index (κ2) is 7.59. The quantitative estimate of drug-likeness (QED) is 0.714. The van der Waals surface area contributed by atoms with E-state index >= 15 is 0 Å². The number of hydrogen-bond donors (Lipinski definition) is 1. The van der Waals surface area contributed by atoms with Gasteiger partial charge in [0.05, 0.1) is 27.7 Å². The van der Waals surface area contributed by atoms with Crippen LogP contribution in [0.2, 0.25) is 0 Å². The number of nitrogens with one attached hydrogen (secondary N) is 1. The van der Waals surface area contributed by atoms with Crippen molar-refractivity contribution in [1.82, 2.24) is 25.0 Å². The van der Waals surface area contributed by atoms with Gasteiger partial charge in [0.25, 0.3) is 5.91 Å². The summed E-state index contributed by atoms with van der Waals surface area (Å²) in [6.45, 7) is 8.96. The lowest BCUT2D eigenvalue weighted by Gasteiger charge is -2.37. The molecule has 0 spiro atoms. The lowest BCUT2D eigenvalue weighted by atomic mass is 9.98. The van der Waals surface area contributed by atoms with Gasteiger partial charge in [-0.2, -0.15) is 5.10 Å². The third kappa shape index (κ3) is 3.42. The second-order valence-electron chi connectivity index (χ2n) is 7.93. The van der Waals surface area contributed by atoms with Crippen molar-refractivity contribution in [3.8, 4) is 10.6 Å². The fraction of sp³-hybridized carbons (Fsp3) is 0.429. The molecule has 3 aromatic rings. The van der Waals surface area contributed by atoms with Gasteiger partial charge in [-0.15, -0.1) is 11.3 Å². The Kier molecular flexibility index (Phi) is 5.12. The van der Waals surface area contributed by atoms with Crippen LogP contribution in [-0.2, 0) is 4.79 Å². The number of carbonyl (C=O) groups excluding carboxylic acids is 2. The van der Waals surface area contributed by atoms with Crippen molar-refractivity contribution in [3.05, 3.63) is 35.3 Å². The van der Waals surface area contributed by atoms with E-state index in [4.69, 9.17) is 4.98 Å². The van der Waals surface area contributed by atoms with Crippen molar-refractivity contribution in [1.29, 1.82) is 0 Å². The van der Waals surface area contributed by atoms with Crippen molar-refractivity contribution >= 4 is 34.2 Å². The molecule has 8 heteroatoms. The van der Waals surface area contributed by atoms with Gasteiger partial charge in [0.15, 0.2) is 5.65 Å². The molecule has 1 unspecified atom stereocenters. The number of nitrogens with zero attached hydrogens (tertiary/aromatic N) is 4. The van der Waals surface area contributed by atoms with E-state index in [-0.39, 0.29) is 23.8 Å². The van der Waals surface area contributed by atoms with Gasteiger partial charge in [-0.3, -0.25) is 9.59 Å². The SMILES string of the molecule is CC(C)C1C(=O)NCCN1C(=O)c1cc(-c2cccs2)nc2c1cnn2C(C)C. The van der Waals surface area contributed by atoms with Gasteiger partial charge in [0.2, 0.25) is 5.91 Å². The molecule has 0 bridgehead atoms. The van der Waals surface area contributed by atoms with Crippen LogP contribution < -0.4 is 5.32 Å². The van der Waals surface area contributed by atoms with Crippen LogP contribution in [0.5, 0.6) is 0 Å². The Balaban J connectivity index is 1.88. The first-order valence-corrected chi connectivity index (χ1v) is 10.8. The molecule has 4 heterocycles. The van der Waals surface area contributed by atoms with E-state index in [1.165, 1.54) is 0 Å². The standard InChI is InChI=1S/C21H25N5O2S/c1-12(2)18-20(27)22-7-8-25(18)21(28)14-10-16(17-6-5-9-29-17)24-19-15(14)11-23-26(19)13(3)4/h5-6,9-13,18H,7-8H2,1-4H3,(H,22,27). The normalized spacial score (nSPS) is 17.4. The topological polar surface area (TPSA) is 80.1 Å². The zero-order chi connectivity index (χ0) is 20.7. The van der Waals surface area contributed by atoms with Gasteiger partial charge >= 0.3 is 0 Å². The van der Waals surface area contributed by atoms with E-state index in [9.17, 15) is 9.59 Å². The van der Waals surface area contributed by atoms with Crippen molar-refractivity contribution in [2.24, 2.45) is 5.92 Å². The average molecular weight is 412 g/mol. The Bertz CT molecular complexity index is 1050. The molecule has 0 aromatic carbocycles. The predicted octanol–water partition coefficient (Wildman–Crippen LogP) is 3.34. The number of amides is 2. The first-order valence-electron chi connectivity index (χ1n) is 9.89. The highest BCUT2D eigenvalue weighted by atomic mass is 32.1. The molecule has 1 N–H and O–H groups in total. The zero-order valence-electron chi connectivity index (χ0n) is 17.0. The molecule has 1 saturated heterocycles. The van der Waals surface area contributed by atoms with Gasteiger partial charge in [-0.25, -0.2) is 9.67 Å². The summed E-state index contributed by atoms with van der Waals surface area (Å²) in [5.74, 6) is -0.222. The van der Waals surface area contributed by atoms with Gasteiger partial charge in [0.1, 0.15) is 6.04 Å². The summed E-state index contributed by atoms with van der Waals surface area (Å²) in [5, 5.41) is 10.1. The lowest BCUT2D eigenvalue weighted by molar-refractivity contribution is -0.129. The molecule has 29 heavy (non-hydrogen) atoms. The number of rotatable bonds is 4. The third-order valence-electron chi connectivity index (χ3n) is 5.21. The highest BCUT2D eigenvalue weighted by Crippen LogP contribution is 2.30. The summed E-state index contributed by atoms with van der Waals surface area (Å²) in [6.07, 6.45) is 1.71. The molecule has 152 valence electrons. The smallest absolute Gasteiger partial charge is 0.255 e. The molecule has 1 aliphatic heterocycles. The molecular formula is C21H25N5O2S. The van der Waals surface area contributed by atoms with E-state index in [0.717, 1.165) is 16.0 Å². The maximum Gasteiger partial charge on any atom is 0.255 e. The first-order chi connectivity index (χ1) is 13.9. The number of carbonyl (C=O) groups is 2. The largest absolute Gasteiger partial charge is 0.353 e. The first kappa shape index (κ1) is 19.6. The molecule has 1 fully saturated rings. The van der Waals surface area contributed by atoms with Gasteiger partial charge in [-0.1, -0.05) is 19.9 Å². The number of aromatic nitrogens is 3. The summed E-state index contributed by atoms with van der Waals surface area (Å²) in [6, 6.07) is 5.44. The van der Waals surface area contributed by atoms with E-state index in [0.29, 0.717) is 24.3 Å². The number of hydrogen-bond acceptors (Lipinski definition) is 5. The highest BCUT2D eigenvalue weighted by molar-refractivity contribution is 7.13. The molecule has 0 radical (unpaired) electrons. The number of thiophene rings is 1. The Hall–Kier alpha value is -2.74. The summed E-state index contributed by atoms with van der Waals surface area (Å²) in [5.41, 5.74) is 1.99. The van der Waals surface area contributed by atoms with Crippen LogP contribution in [0.1, 0.15) is 44.1 Å². The van der Waals surface area contributed by atoms with E-state index in [1.807, 2.05) is 56.0 Å². The van der Waals surface area contributed by atoms with Crippen LogP contribution in [-0.4, -0.2) is 50.6 Å². The van der Waals surface area contributed by atoms with E-state index < -0.39 is 6.04 Å². The van der Waals surface area contributed by atoms with Crippen LogP contribution in [0.25, 0.3) is 21.6 Å². The summed E-state index contributed by atoms with van der Waals surface area (Å²) >= 11 is 1.58. The maximum atomic E-state index is 13.7. The molecule has 2 amide bonds. The van der Waals surface area contributed by atoms with Crippen LogP contribution >= 0.6 is 11.3 Å². The zero-order valence-corrected chi connectivity index (χ0v) is 17.9. The predicted molar refractivity (Wildman–Crippen MR) is 114 cm³/mol. The molecule has 1 aliphatic rings. The molecule has 0 aliphatic carbocycles. The van der Waals surface area contributed by atoms with E-state index in [2.05, 4.69) is 10.4 Å². The Morgan fingerprint density at radius 3 is 2.76 bits per heavy atom. The minimum Gasteiger partial charge on any atom is -0.353 e. The molecule has 0 saturated carbocycles. The summed E-state index contributed by atoms with van der Waals surface area (Å²) < 4.78 is 1.84. The molecular weight excluding hydrogens is 386 g/mol. The molecule has 4 rings (SSSR count). The average Bonchev–Trinajstić information content (AvgIpc) is 3.35. The molecule has 7 nitrogen and oxygen atoms in total. The number of piperazine rings is 1. The van der Waals surface area contributed by atoms with Crippen LogP contribution in [0.4, 0.5) is 0 Å². The molecule has 3 aromatic heterocycles. The minimum absolute atomic E-state index is 0.0201. The Labute approximate surface area is 173 Å². The van der Waals surface area contributed by atoms with Crippen molar-refractivity contribution in [2.45, 2.75) is 39.8 Å². The highest BCUT2D eigenvalue weighted by Gasteiger charge is 2.36. The van der Waals surface area contributed by atoms with Gasteiger partial charge in [-0.05, 0) is 37.3 Å². The summed E-state index contributed by atoms with van der Waals surface area (Å²) in [4.78, 5) is 33.6. The second-order valence-corrected chi connectivity index (χ2v) is 8.88. The van der Waals surface area contributed by atoms with Gasteiger partial charge < -0.3 is 10.2 Å². The summed E-state index contributed by atoms with van der Waals surface area (Å²) in [7, 11) is 0. The Morgan fingerprint density at radius 2 is 2.10 bits per heavy atom. The lowest BCUT2D eigenvalue weighted by Crippen LogP contribution is -2.59. The van der Waals surface area contributed by atoms with Crippen LogP contribution in [0, 0.1) is 5.92 Å². The van der Waals surface area contributed by atoms with Crippen LogP contribution in [0.3, 0.4) is 0 Å². The van der Waals surface area contributed by atoms with E-state index in [1.54, 1.807) is 22.4 Å². The van der Waals surface area contributed by atoms with Crippen molar-refractivity contribution in [3.63, 3.8) is 0 Å².